The van der Waals surface area contributed by atoms with Crippen LogP contribution in [-0.2, 0) is 22.6 Å². The first-order chi connectivity index (χ1) is 9.69. The molecule has 7 nitrogen and oxygen atoms in total. The molecule has 0 aliphatic heterocycles. The van der Waals surface area contributed by atoms with Gasteiger partial charge in [-0.15, -0.1) is 0 Å². The zero-order valence-corrected chi connectivity index (χ0v) is 13.3. The van der Waals surface area contributed by atoms with E-state index in [2.05, 4.69) is 10.3 Å². The molecular weight excluding hydrogens is 272 g/mol. The summed E-state index contributed by atoms with van der Waals surface area (Å²) in [6.07, 6.45) is 3.23. The molecule has 0 saturated heterocycles. The Hall–Kier alpha value is -2.05. The van der Waals surface area contributed by atoms with E-state index in [4.69, 9.17) is 4.74 Å². The minimum Gasteiger partial charge on any atom is -0.444 e. The van der Waals surface area contributed by atoms with E-state index in [9.17, 15) is 9.59 Å². The van der Waals surface area contributed by atoms with Crippen LogP contribution in [0.4, 0.5) is 4.79 Å². The van der Waals surface area contributed by atoms with E-state index in [1.165, 1.54) is 0 Å². The molecule has 0 spiro atoms. The summed E-state index contributed by atoms with van der Waals surface area (Å²) in [5, 5.41) is 2.68. The van der Waals surface area contributed by atoms with E-state index in [0.717, 1.165) is 5.69 Å². The lowest BCUT2D eigenvalue weighted by atomic mass is 10.2. The van der Waals surface area contributed by atoms with Gasteiger partial charge in [0, 0.05) is 33.3 Å². The average molecular weight is 296 g/mol. The second-order valence-electron chi connectivity index (χ2n) is 5.97. The second-order valence-corrected chi connectivity index (χ2v) is 5.97. The number of carbonyl (C=O) groups excluding carboxylic acids is 2. The lowest BCUT2D eigenvalue weighted by Gasteiger charge is -2.19. The van der Waals surface area contributed by atoms with Crippen molar-refractivity contribution in [2.45, 2.75) is 45.9 Å². The predicted octanol–water partition coefficient (Wildman–Crippen LogP) is 1.39. The number of amides is 2. The first kappa shape index (κ1) is 17.0. The van der Waals surface area contributed by atoms with E-state index < -0.39 is 11.7 Å². The van der Waals surface area contributed by atoms with Crippen molar-refractivity contribution in [1.29, 1.82) is 0 Å². The van der Waals surface area contributed by atoms with Crippen molar-refractivity contribution in [3.63, 3.8) is 0 Å². The third-order valence-corrected chi connectivity index (χ3v) is 2.68. The van der Waals surface area contributed by atoms with E-state index in [-0.39, 0.29) is 5.91 Å². The number of alkyl carbamates (subject to hydrolysis) is 1. The zero-order valence-electron chi connectivity index (χ0n) is 13.3. The Morgan fingerprint density at radius 3 is 2.62 bits per heavy atom. The number of hydrogen-bond donors (Lipinski definition) is 1. The first-order valence-electron chi connectivity index (χ1n) is 6.85. The summed E-state index contributed by atoms with van der Waals surface area (Å²) in [7, 11) is 3.45. The van der Waals surface area contributed by atoms with Crippen molar-refractivity contribution in [2.75, 3.05) is 14.1 Å². The summed E-state index contributed by atoms with van der Waals surface area (Å²) in [5.74, 6) is 0.0507. The van der Waals surface area contributed by atoms with Crippen LogP contribution in [0.1, 0.15) is 32.9 Å². The quantitative estimate of drug-likeness (QED) is 0.890. The minimum atomic E-state index is -0.525. The SMILES string of the molecule is CN(C)C(=O)CCn1cncc1CNC(=O)OC(C)(C)C. The highest BCUT2D eigenvalue weighted by Gasteiger charge is 2.16. The molecule has 118 valence electrons. The van der Waals surface area contributed by atoms with Crippen LogP contribution in [0.2, 0.25) is 0 Å². The molecule has 0 aromatic carbocycles. The molecule has 0 fully saturated rings. The Kier molecular flexibility index (Phi) is 5.75. The fourth-order valence-electron chi connectivity index (χ4n) is 1.61. The number of ether oxygens (including phenoxy) is 1. The topological polar surface area (TPSA) is 76.5 Å². The summed E-state index contributed by atoms with van der Waals surface area (Å²) in [5.41, 5.74) is 0.301. The fourth-order valence-corrected chi connectivity index (χ4v) is 1.61. The summed E-state index contributed by atoms with van der Waals surface area (Å²) in [6.45, 7) is 6.27. The van der Waals surface area contributed by atoms with Gasteiger partial charge >= 0.3 is 6.09 Å². The molecular formula is C14H24N4O3. The molecule has 0 radical (unpaired) electrons. The third kappa shape index (κ3) is 6.29. The highest BCUT2D eigenvalue weighted by atomic mass is 16.6. The molecule has 0 aliphatic rings. The zero-order chi connectivity index (χ0) is 16.0. The van der Waals surface area contributed by atoms with Gasteiger partial charge in [0.2, 0.25) is 5.91 Å². The summed E-state index contributed by atoms with van der Waals surface area (Å²) in [6, 6.07) is 0. The van der Waals surface area contributed by atoms with Crippen LogP contribution in [0.15, 0.2) is 12.5 Å². The van der Waals surface area contributed by atoms with Gasteiger partial charge in [-0.25, -0.2) is 9.78 Å². The third-order valence-electron chi connectivity index (χ3n) is 2.68. The van der Waals surface area contributed by atoms with E-state index in [0.29, 0.717) is 19.5 Å². The van der Waals surface area contributed by atoms with Gasteiger partial charge in [0.15, 0.2) is 0 Å². The number of carbonyl (C=O) groups is 2. The number of nitrogens with zero attached hydrogens (tertiary/aromatic N) is 3. The van der Waals surface area contributed by atoms with Gasteiger partial charge in [-0.05, 0) is 20.8 Å². The van der Waals surface area contributed by atoms with Crippen LogP contribution in [-0.4, -0.2) is 46.1 Å². The van der Waals surface area contributed by atoms with Gasteiger partial charge in [0.25, 0.3) is 0 Å². The van der Waals surface area contributed by atoms with Crippen LogP contribution < -0.4 is 5.32 Å². The van der Waals surface area contributed by atoms with Crippen LogP contribution in [0.3, 0.4) is 0 Å². The van der Waals surface area contributed by atoms with Crippen LogP contribution in [0, 0.1) is 0 Å². The van der Waals surface area contributed by atoms with E-state index >= 15 is 0 Å². The Bertz CT molecular complexity index is 489. The maximum absolute atomic E-state index is 11.6. The molecule has 1 rings (SSSR count). The lowest BCUT2D eigenvalue weighted by molar-refractivity contribution is -0.128. The van der Waals surface area contributed by atoms with Crippen molar-refractivity contribution >= 4 is 12.0 Å². The van der Waals surface area contributed by atoms with Crippen LogP contribution in [0.25, 0.3) is 0 Å². The van der Waals surface area contributed by atoms with E-state index in [1.54, 1.807) is 31.5 Å². The number of nitrogens with one attached hydrogen (secondary N) is 1. The molecule has 1 heterocycles. The summed E-state index contributed by atoms with van der Waals surface area (Å²) < 4.78 is 7.01. The van der Waals surface area contributed by atoms with Gasteiger partial charge in [-0.2, -0.15) is 0 Å². The van der Waals surface area contributed by atoms with Crippen LogP contribution >= 0.6 is 0 Å². The molecule has 7 heteroatoms. The molecule has 1 N–H and O–H groups in total. The molecule has 1 aromatic rings. The number of aryl methyl sites for hydroxylation is 1. The smallest absolute Gasteiger partial charge is 0.407 e. The Morgan fingerprint density at radius 2 is 2.05 bits per heavy atom. The highest BCUT2D eigenvalue weighted by Crippen LogP contribution is 2.07. The van der Waals surface area contributed by atoms with Crippen molar-refractivity contribution in [1.82, 2.24) is 19.8 Å². The van der Waals surface area contributed by atoms with Crippen molar-refractivity contribution in [3.05, 3.63) is 18.2 Å². The number of imidazole rings is 1. The average Bonchev–Trinajstić information content (AvgIpc) is 2.78. The molecule has 2 amide bonds. The molecule has 0 bridgehead atoms. The number of aromatic nitrogens is 2. The molecule has 0 atom stereocenters. The summed E-state index contributed by atoms with van der Waals surface area (Å²) >= 11 is 0. The predicted molar refractivity (Wildman–Crippen MR) is 78.6 cm³/mol. The molecule has 0 saturated carbocycles. The van der Waals surface area contributed by atoms with Crippen molar-refractivity contribution in [2.24, 2.45) is 0 Å². The molecule has 0 unspecified atom stereocenters. The maximum atomic E-state index is 11.6. The molecule has 1 aromatic heterocycles. The second kappa shape index (κ2) is 7.10. The van der Waals surface area contributed by atoms with Gasteiger partial charge < -0.3 is 19.5 Å². The van der Waals surface area contributed by atoms with Crippen molar-refractivity contribution < 1.29 is 14.3 Å². The first-order valence-corrected chi connectivity index (χ1v) is 6.85. The van der Waals surface area contributed by atoms with E-state index in [1.807, 2.05) is 25.3 Å². The Balaban J connectivity index is 2.49. The molecule has 0 aliphatic carbocycles. The minimum absolute atomic E-state index is 0.0507. The number of hydrogen-bond acceptors (Lipinski definition) is 4. The lowest BCUT2D eigenvalue weighted by Crippen LogP contribution is -2.32. The largest absolute Gasteiger partial charge is 0.444 e. The van der Waals surface area contributed by atoms with Gasteiger partial charge in [-0.1, -0.05) is 0 Å². The fraction of sp³-hybridized carbons (Fsp3) is 0.643. The van der Waals surface area contributed by atoms with Crippen LogP contribution in [0.5, 0.6) is 0 Å². The number of rotatable bonds is 5. The van der Waals surface area contributed by atoms with Gasteiger partial charge in [-0.3, -0.25) is 4.79 Å². The highest BCUT2D eigenvalue weighted by molar-refractivity contribution is 5.75. The molecule has 21 heavy (non-hydrogen) atoms. The standard InChI is InChI=1S/C14H24N4O3/c1-14(2,3)21-13(20)16-9-11-8-15-10-18(11)7-6-12(19)17(4)5/h8,10H,6-7,9H2,1-5H3,(H,16,20). The van der Waals surface area contributed by atoms with Gasteiger partial charge in [0.1, 0.15) is 5.60 Å². The maximum Gasteiger partial charge on any atom is 0.407 e. The monoisotopic (exact) mass is 296 g/mol. The van der Waals surface area contributed by atoms with Crippen molar-refractivity contribution in [3.8, 4) is 0 Å². The Morgan fingerprint density at radius 1 is 1.38 bits per heavy atom. The normalized spacial score (nSPS) is 11.1. The summed E-state index contributed by atoms with van der Waals surface area (Å²) in [4.78, 5) is 28.8. The van der Waals surface area contributed by atoms with Gasteiger partial charge in [0.05, 0.1) is 18.6 Å². The Labute approximate surface area is 125 Å².